The molecule has 1 amide bonds. The molecule has 0 saturated heterocycles. The lowest BCUT2D eigenvalue weighted by Gasteiger charge is -2.18. The van der Waals surface area contributed by atoms with Crippen molar-refractivity contribution in [3.8, 4) is 0 Å². The fraction of sp³-hybridized carbons (Fsp3) is 0.381. The monoisotopic (exact) mass is 404 g/mol. The molecule has 1 heterocycles. The molecule has 2 unspecified atom stereocenters. The quantitative estimate of drug-likeness (QED) is 0.690. The normalized spacial score (nSPS) is 12.8. The highest BCUT2D eigenvalue weighted by Crippen LogP contribution is 2.20. The minimum Gasteiger partial charge on any atom is -0.462 e. The van der Waals surface area contributed by atoms with Gasteiger partial charge >= 0.3 is 11.9 Å². The Morgan fingerprint density at radius 2 is 1.72 bits per heavy atom. The molecule has 2 atom stereocenters. The topological polar surface area (TPSA) is 97.5 Å². The second-order valence-corrected chi connectivity index (χ2v) is 6.67. The number of aryl methyl sites for hydroxylation is 1. The molecule has 0 spiro atoms. The molecule has 8 heteroatoms. The zero-order valence-electron chi connectivity index (χ0n) is 17.1. The molecule has 0 radical (unpaired) electrons. The van der Waals surface area contributed by atoms with E-state index in [1.165, 1.54) is 19.1 Å². The van der Waals surface area contributed by atoms with Crippen LogP contribution in [-0.4, -0.2) is 35.5 Å². The van der Waals surface area contributed by atoms with Crippen LogP contribution >= 0.6 is 0 Å². The summed E-state index contributed by atoms with van der Waals surface area (Å²) in [6.45, 7) is 8.35. The van der Waals surface area contributed by atoms with Gasteiger partial charge in [0.05, 0.1) is 18.2 Å². The minimum atomic E-state index is -1.07. The number of aromatic nitrogens is 1. The van der Waals surface area contributed by atoms with Gasteiger partial charge in [-0.3, -0.25) is 4.79 Å². The van der Waals surface area contributed by atoms with E-state index in [2.05, 4.69) is 10.3 Å². The maximum Gasteiger partial charge on any atom is 0.355 e. The number of carbonyl (C=O) groups is 3. The van der Waals surface area contributed by atoms with Crippen LogP contribution in [0.5, 0.6) is 0 Å². The number of carbonyl (C=O) groups excluding carboxylic acids is 3. The predicted molar refractivity (Wildman–Crippen MR) is 104 cm³/mol. The van der Waals surface area contributed by atoms with E-state index in [9.17, 15) is 18.8 Å². The maximum atomic E-state index is 13.0. The van der Waals surface area contributed by atoms with Crippen molar-refractivity contribution in [2.24, 2.45) is 0 Å². The summed E-state index contributed by atoms with van der Waals surface area (Å²) in [7, 11) is 0. The number of esters is 2. The van der Waals surface area contributed by atoms with Crippen molar-refractivity contribution in [1.29, 1.82) is 0 Å². The minimum absolute atomic E-state index is 0.0942. The number of amides is 1. The van der Waals surface area contributed by atoms with Crippen LogP contribution in [0.1, 0.15) is 64.5 Å². The number of ether oxygens (including phenoxy) is 2. The van der Waals surface area contributed by atoms with Crippen molar-refractivity contribution in [1.82, 2.24) is 10.3 Å². The Bertz CT molecular complexity index is 905. The van der Waals surface area contributed by atoms with Crippen LogP contribution in [-0.2, 0) is 14.3 Å². The molecule has 0 aliphatic heterocycles. The summed E-state index contributed by atoms with van der Waals surface area (Å²) in [6.07, 6.45) is -1.07. The lowest BCUT2D eigenvalue weighted by Crippen LogP contribution is -2.37. The summed E-state index contributed by atoms with van der Waals surface area (Å²) < 4.78 is 23.3. The Morgan fingerprint density at radius 3 is 2.31 bits per heavy atom. The first kappa shape index (κ1) is 22.1. The number of hydrogen-bond acceptors (Lipinski definition) is 5. The standard InChI is InChI=1S/C21H25FN2O5/c1-6-28-20(26)17-11(2)18(23-13(17)4)21(27)29-14(5)19(25)24-12(3)15-7-9-16(22)10-8-15/h7-10,12,14,23H,6H2,1-5H3,(H,24,25). The Balaban J connectivity index is 2.04. The zero-order valence-corrected chi connectivity index (χ0v) is 17.1. The van der Waals surface area contributed by atoms with Gasteiger partial charge in [0.2, 0.25) is 0 Å². The van der Waals surface area contributed by atoms with Crippen LogP contribution in [0.3, 0.4) is 0 Å². The molecular weight excluding hydrogens is 379 g/mol. The first-order valence-corrected chi connectivity index (χ1v) is 9.28. The van der Waals surface area contributed by atoms with E-state index >= 15 is 0 Å². The summed E-state index contributed by atoms with van der Waals surface area (Å²) in [5.41, 5.74) is 1.97. The van der Waals surface area contributed by atoms with Crippen molar-refractivity contribution in [3.63, 3.8) is 0 Å². The molecule has 0 aliphatic carbocycles. The number of hydrogen-bond donors (Lipinski definition) is 2. The average Bonchev–Trinajstić information content (AvgIpc) is 2.96. The molecular formula is C21H25FN2O5. The zero-order chi connectivity index (χ0) is 21.7. The van der Waals surface area contributed by atoms with Crippen LogP contribution in [0.2, 0.25) is 0 Å². The second-order valence-electron chi connectivity index (χ2n) is 6.67. The van der Waals surface area contributed by atoms with Gasteiger partial charge in [-0.1, -0.05) is 12.1 Å². The van der Waals surface area contributed by atoms with Crippen LogP contribution in [0.25, 0.3) is 0 Å². The number of aromatic amines is 1. The van der Waals surface area contributed by atoms with Crippen molar-refractivity contribution in [3.05, 3.63) is 58.2 Å². The molecule has 156 valence electrons. The molecule has 2 N–H and O–H groups in total. The van der Waals surface area contributed by atoms with Gasteiger partial charge < -0.3 is 19.8 Å². The fourth-order valence-electron chi connectivity index (χ4n) is 2.90. The number of nitrogens with one attached hydrogen (secondary N) is 2. The van der Waals surface area contributed by atoms with Crippen molar-refractivity contribution < 1.29 is 28.2 Å². The Kier molecular flexibility index (Phi) is 7.14. The predicted octanol–water partition coefficient (Wildman–Crippen LogP) is 3.37. The molecule has 0 bridgehead atoms. The lowest BCUT2D eigenvalue weighted by molar-refractivity contribution is -0.129. The summed E-state index contributed by atoms with van der Waals surface area (Å²) in [4.78, 5) is 39.7. The number of benzene rings is 1. The largest absolute Gasteiger partial charge is 0.462 e. The summed E-state index contributed by atoms with van der Waals surface area (Å²) in [5, 5.41) is 2.72. The molecule has 0 aliphatic rings. The van der Waals surface area contributed by atoms with Crippen LogP contribution in [0.4, 0.5) is 4.39 Å². The van der Waals surface area contributed by atoms with E-state index in [1.54, 1.807) is 39.8 Å². The first-order chi connectivity index (χ1) is 13.6. The summed E-state index contributed by atoms with van der Waals surface area (Å²) in [5.74, 6) is -2.15. The summed E-state index contributed by atoms with van der Waals surface area (Å²) >= 11 is 0. The molecule has 29 heavy (non-hydrogen) atoms. The molecule has 1 aromatic heterocycles. The lowest BCUT2D eigenvalue weighted by atomic mass is 10.1. The molecule has 2 rings (SSSR count). The number of rotatable bonds is 7. The smallest absolute Gasteiger partial charge is 0.355 e. The van der Waals surface area contributed by atoms with Crippen LogP contribution in [0, 0.1) is 19.7 Å². The van der Waals surface area contributed by atoms with E-state index in [0.717, 1.165) is 0 Å². The van der Waals surface area contributed by atoms with Gasteiger partial charge in [0.1, 0.15) is 11.5 Å². The molecule has 1 aromatic carbocycles. The third-order valence-corrected chi connectivity index (χ3v) is 4.50. The first-order valence-electron chi connectivity index (χ1n) is 9.28. The van der Waals surface area contributed by atoms with E-state index in [4.69, 9.17) is 9.47 Å². The third kappa shape index (κ3) is 5.22. The van der Waals surface area contributed by atoms with Gasteiger partial charge in [0.25, 0.3) is 5.91 Å². The van der Waals surface area contributed by atoms with Gasteiger partial charge in [-0.2, -0.15) is 0 Å². The Morgan fingerprint density at radius 1 is 1.10 bits per heavy atom. The van der Waals surface area contributed by atoms with Crippen molar-refractivity contribution in [2.45, 2.75) is 46.8 Å². The average molecular weight is 404 g/mol. The van der Waals surface area contributed by atoms with Gasteiger partial charge in [-0.15, -0.1) is 0 Å². The number of halogens is 1. The Labute approximate surface area is 168 Å². The van der Waals surface area contributed by atoms with E-state index in [-0.39, 0.29) is 23.7 Å². The summed E-state index contributed by atoms with van der Waals surface area (Å²) in [6, 6.07) is 5.35. The van der Waals surface area contributed by atoms with E-state index in [0.29, 0.717) is 16.8 Å². The molecule has 7 nitrogen and oxygen atoms in total. The highest BCUT2D eigenvalue weighted by molar-refractivity contribution is 5.99. The highest BCUT2D eigenvalue weighted by Gasteiger charge is 2.27. The van der Waals surface area contributed by atoms with E-state index < -0.39 is 30.0 Å². The van der Waals surface area contributed by atoms with Crippen LogP contribution in [0.15, 0.2) is 24.3 Å². The van der Waals surface area contributed by atoms with Gasteiger partial charge in [0, 0.05) is 5.69 Å². The van der Waals surface area contributed by atoms with Crippen molar-refractivity contribution >= 4 is 17.8 Å². The van der Waals surface area contributed by atoms with Gasteiger partial charge in [0.15, 0.2) is 6.10 Å². The van der Waals surface area contributed by atoms with Crippen LogP contribution < -0.4 is 5.32 Å². The Hall–Kier alpha value is -3.16. The molecule has 2 aromatic rings. The van der Waals surface area contributed by atoms with Gasteiger partial charge in [-0.25, -0.2) is 14.0 Å². The fourth-order valence-corrected chi connectivity index (χ4v) is 2.90. The third-order valence-electron chi connectivity index (χ3n) is 4.50. The number of H-pyrrole nitrogens is 1. The second kappa shape index (κ2) is 9.36. The SMILES string of the molecule is CCOC(=O)c1c(C)[nH]c(C(=O)OC(C)C(=O)NC(C)c2ccc(F)cc2)c1C. The highest BCUT2D eigenvalue weighted by atomic mass is 19.1. The molecule has 0 fully saturated rings. The van der Waals surface area contributed by atoms with Crippen molar-refractivity contribution in [2.75, 3.05) is 6.61 Å². The van der Waals surface area contributed by atoms with Gasteiger partial charge in [-0.05, 0) is 57.9 Å². The maximum absolute atomic E-state index is 13.0. The molecule has 0 saturated carbocycles. The van der Waals surface area contributed by atoms with E-state index in [1.807, 2.05) is 0 Å².